The number of carbonyl (C=O) groups is 3. The zero-order valence-electron chi connectivity index (χ0n) is 23.4. The van der Waals surface area contributed by atoms with E-state index in [9.17, 15) is 14.4 Å². The summed E-state index contributed by atoms with van der Waals surface area (Å²) in [6, 6.07) is 20.1. The molecule has 2 aromatic heterocycles. The average Bonchev–Trinajstić information content (AvgIpc) is 3.45. The van der Waals surface area contributed by atoms with Gasteiger partial charge in [0, 0.05) is 37.5 Å². The van der Waals surface area contributed by atoms with Crippen molar-refractivity contribution in [1.82, 2.24) is 19.4 Å². The number of likely N-dealkylation sites (N-methyl/N-ethyl adjacent to an activating group) is 1. The van der Waals surface area contributed by atoms with Crippen molar-refractivity contribution in [1.29, 1.82) is 5.26 Å². The Bertz CT molecular complexity index is 1640. The summed E-state index contributed by atoms with van der Waals surface area (Å²) in [5.41, 5.74) is 2.36. The number of nitrogens with zero attached hydrogens (tertiary/aromatic N) is 6. The van der Waals surface area contributed by atoms with Gasteiger partial charge in [0.1, 0.15) is 18.6 Å². The zero-order valence-corrected chi connectivity index (χ0v) is 23.4. The number of fused-ring (bicyclic) bond motifs is 1. The molecule has 2 aromatic carbocycles. The first-order valence-electron chi connectivity index (χ1n) is 13.7. The monoisotopic (exact) mass is 548 g/mol. The number of nitriles is 1. The Kier molecular flexibility index (Phi) is 7.92. The molecular weight excluding hydrogens is 516 g/mol. The van der Waals surface area contributed by atoms with Gasteiger partial charge in [-0.05, 0) is 37.0 Å². The number of hydrogen-bond donors (Lipinski definition) is 0. The summed E-state index contributed by atoms with van der Waals surface area (Å²) in [6.07, 6.45) is 3.85. The quantitative estimate of drug-likeness (QED) is 0.308. The Balaban J connectivity index is 1.40. The Morgan fingerprint density at radius 1 is 1.07 bits per heavy atom. The molecule has 0 aliphatic carbocycles. The van der Waals surface area contributed by atoms with E-state index in [-0.39, 0.29) is 30.1 Å². The maximum atomic E-state index is 13.7. The van der Waals surface area contributed by atoms with E-state index in [1.807, 2.05) is 50.4 Å². The molecule has 41 heavy (non-hydrogen) atoms. The van der Waals surface area contributed by atoms with Crippen LogP contribution in [0.5, 0.6) is 0 Å². The fourth-order valence-electron chi connectivity index (χ4n) is 5.57. The van der Waals surface area contributed by atoms with Gasteiger partial charge < -0.3 is 9.80 Å². The number of aromatic nitrogens is 3. The summed E-state index contributed by atoms with van der Waals surface area (Å²) in [6.45, 7) is 5.11. The second-order valence-corrected chi connectivity index (χ2v) is 10.6. The van der Waals surface area contributed by atoms with Gasteiger partial charge in [0.2, 0.25) is 11.8 Å². The van der Waals surface area contributed by atoms with Crippen LogP contribution in [0.3, 0.4) is 0 Å². The molecule has 1 fully saturated rings. The first-order chi connectivity index (χ1) is 19.8. The van der Waals surface area contributed by atoms with Crippen LogP contribution < -0.4 is 4.90 Å². The average molecular weight is 549 g/mol. The van der Waals surface area contributed by atoms with Crippen LogP contribution in [0, 0.1) is 17.2 Å². The summed E-state index contributed by atoms with van der Waals surface area (Å²) >= 11 is 0. The van der Waals surface area contributed by atoms with Gasteiger partial charge in [0.25, 0.3) is 0 Å². The lowest BCUT2D eigenvalue weighted by molar-refractivity contribution is -0.131. The van der Waals surface area contributed by atoms with Crippen LogP contribution in [-0.2, 0) is 4.79 Å². The lowest BCUT2D eigenvalue weighted by Crippen LogP contribution is -2.52. The molecule has 1 saturated heterocycles. The molecule has 3 heterocycles. The molecule has 4 aromatic rings. The predicted molar refractivity (Wildman–Crippen MR) is 156 cm³/mol. The minimum absolute atomic E-state index is 0.00707. The molecule has 208 valence electrons. The van der Waals surface area contributed by atoms with Gasteiger partial charge in [-0.15, -0.1) is 0 Å². The molecule has 0 bridgehead atoms. The van der Waals surface area contributed by atoms with Crippen molar-refractivity contribution in [3.8, 4) is 6.07 Å². The molecule has 1 aliphatic heterocycles. The molecule has 0 saturated carbocycles. The number of rotatable bonds is 7. The van der Waals surface area contributed by atoms with Crippen LogP contribution in [-0.4, -0.2) is 63.2 Å². The molecule has 1 aliphatic rings. The van der Waals surface area contributed by atoms with E-state index in [1.54, 1.807) is 41.4 Å². The fraction of sp³-hybridized carbons (Fsp3) is 0.312. The van der Waals surface area contributed by atoms with Gasteiger partial charge in [0.05, 0.1) is 23.4 Å². The SMILES string of the molecule is CC(C(=O)n1ccc2c(N(C)[C@H]3CN(C(=O)CC#N)CC[C@H]3C)ncnc21)c1cccc(C(=O)c2ccccc2)c1. The minimum Gasteiger partial charge on any atom is -0.354 e. The van der Waals surface area contributed by atoms with Crippen molar-refractivity contribution < 1.29 is 14.4 Å². The predicted octanol–water partition coefficient (Wildman–Crippen LogP) is 4.69. The number of carbonyl (C=O) groups excluding carboxylic acids is 3. The Labute approximate surface area is 239 Å². The molecule has 1 unspecified atom stereocenters. The summed E-state index contributed by atoms with van der Waals surface area (Å²) < 4.78 is 1.54. The number of anilines is 1. The molecule has 3 atom stereocenters. The van der Waals surface area contributed by atoms with Gasteiger partial charge in [0.15, 0.2) is 11.4 Å². The standard InChI is InChI=1S/C32H32N6O3/c1-21-13-16-37(28(39)12-15-33)19-27(21)36(3)30-26-14-17-38(31(26)35-20-34-30)32(41)22(2)24-10-7-11-25(18-24)29(40)23-8-5-4-6-9-23/h4-11,14,17-18,20-22,27H,12-13,16,19H2,1-3H3/t21-,22?,27+/m1/s1. The highest BCUT2D eigenvalue weighted by Crippen LogP contribution is 2.31. The maximum Gasteiger partial charge on any atom is 0.239 e. The second-order valence-electron chi connectivity index (χ2n) is 10.6. The zero-order chi connectivity index (χ0) is 29.1. The number of ketones is 1. The summed E-state index contributed by atoms with van der Waals surface area (Å²) in [5, 5.41) is 9.70. The van der Waals surface area contributed by atoms with Crippen molar-refractivity contribution in [3.63, 3.8) is 0 Å². The van der Waals surface area contributed by atoms with Crippen LogP contribution in [0.15, 0.2) is 73.2 Å². The van der Waals surface area contributed by atoms with E-state index in [0.29, 0.717) is 41.6 Å². The van der Waals surface area contributed by atoms with E-state index < -0.39 is 5.92 Å². The third-order valence-electron chi connectivity index (χ3n) is 8.09. The van der Waals surface area contributed by atoms with Crippen molar-refractivity contribution in [2.45, 2.75) is 38.6 Å². The number of likely N-dealkylation sites (tertiary alicyclic amines) is 1. The smallest absolute Gasteiger partial charge is 0.239 e. The topological polar surface area (TPSA) is 112 Å². The van der Waals surface area contributed by atoms with Crippen molar-refractivity contribution in [3.05, 3.63) is 89.9 Å². The highest BCUT2D eigenvalue weighted by Gasteiger charge is 2.33. The molecule has 0 N–H and O–H groups in total. The van der Waals surface area contributed by atoms with Gasteiger partial charge in [-0.2, -0.15) is 5.26 Å². The normalized spacial score (nSPS) is 17.6. The largest absolute Gasteiger partial charge is 0.354 e. The first kappa shape index (κ1) is 27.7. The maximum absolute atomic E-state index is 13.7. The van der Waals surface area contributed by atoms with Crippen molar-refractivity contribution in [2.24, 2.45) is 5.92 Å². The van der Waals surface area contributed by atoms with E-state index in [4.69, 9.17) is 5.26 Å². The molecule has 9 heteroatoms. The van der Waals surface area contributed by atoms with Crippen LogP contribution in [0.25, 0.3) is 11.0 Å². The van der Waals surface area contributed by atoms with Crippen LogP contribution >= 0.6 is 0 Å². The van der Waals surface area contributed by atoms with Crippen molar-refractivity contribution >= 4 is 34.4 Å². The van der Waals surface area contributed by atoms with Gasteiger partial charge in [-0.1, -0.05) is 55.5 Å². The minimum atomic E-state index is -0.525. The van der Waals surface area contributed by atoms with Crippen LogP contribution in [0.1, 0.15) is 58.9 Å². The summed E-state index contributed by atoms with van der Waals surface area (Å²) in [5.74, 6) is 0.0239. The molecule has 9 nitrogen and oxygen atoms in total. The lowest BCUT2D eigenvalue weighted by atomic mass is 9.92. The van der Waals surface area contributed by atoms with Crippen LogP contribution in [0.4, 0.5) is 5.82 Å². The highest BCUT2D eigenvalue weighted by molar-refractivity contribution is 6.09. The molecular formula is C32H32N6O3. The van der Waals surface area contributed by atoms with Gasteiger partial charge in [-0.3, -0.25) is 19.0 Å². The molecule has 0 spiro atoms. The number of piperidine rings is 1. The van der Waals surface area contributed by atoms with E-state index in [2.05, 4.69) is 21.8 Å². The highest BCUT2D eigenvalue weighted by atomic mass is 16.2. The van der Waals surface area contributed by atoms with Gasteiger partial charge in [-0.25, -0.2) is 9.97 Å². The number of hydrogen-bond acceptors (Lipinski definition) is 7. The fourth-order valence-corrected chi connectivity index (χ4v) is 5.57. The Morgan fingerprint density at radius 2 is 1.83 bits per heavy atom. The second kappa shape index (κ2) is 11.7. The molecule has 0 radical (unpaired) electrons. The summed E-state index contributed by atoms with van der Waals surface area (Å²) in [4.78, 5) is 51.9. The Morgan fingerprint density at radius 3 is 2.59 bits per heavy atom. The number of benzene rings is 2. The number of amides is 1. The van der Waals surface area contributed by atoms with Gasteiger partial charge >= 0.3 is 0 Å². The van der Waals surface area contributed by atoms with Crippen molar-refractivity contribution in [2.75, 3.05) is 25.0 Å². The first-order valence-corrected chi connectivity index (χ1v) is 13.7. The summed E-state index contributed by atoms with van der Waals surface area (Å²) in [7, 11) is 1.94. The molecule has 5 rings (SSSR count). The van der Waals surface area contributed by atoms with E-state index in [1.165, 1.54) is 10.9 Å². The van der Waals surface area contributed by atoms with E-state index in [0.717, 1.165) is 17.4 Å². The lowest BCUT2D eigenvalue weighted by Gasteiger charge is -2.42. The van der Waals surface area contributed by atoms with Crippen LogP contribution in [0.2, 0.25) is 0 Å². The molecule has 1 amide bonds. The third kappa shape index (κ3) is 5.46. The Hall–Kier alpha value is -4.84. The van der Waals surface area contributed by atoms with E-state index >= 15 is 0 Å². The third-order valence-corrected chi connectivity index (χ3v) is 8.09.